The third-order valence-corrected chi connectivity index (χ3v) is 9.42. The van der Waals surface area contributed by atoms with Crippen LogP contribution in [-0.4, -0.2) is 84.3 Å². The molecule has 2 atom stereocenters. The number of nitrogens with zero attached hydrogens (tertiary/aromatic N) is 3. The minimum atomic E-state index is -4.56. The zero-order valence-electron chi connectivity index (χ0n) is 31.9. The van der Waals surface area contributed by atoms with Gasteiger partial charge in [-0.15, -0.1) is 13.2 Å². The summed E-state index contributed by atoms with van der Waals surface area (Å²) < 4.78 is 46.1. The van der Waals surface area contributed by atoms with E-state index in [4.69, 9.17) is 4.74 Å². The van der Waals surface area contributed by atoms with Gasteiger partial charge in [-0.05, 0) is 58.7 Å². The number of likely N-dealkylation sites (N-methyl/N-ethyl adjacent to an activating group) is 2. The second-order valence-corrected chi connectivity index (χ2v) is 15.3. The van der Waals surface area contributed by atoms with Crippen LogP contribution in [0.15, 0.2) is 97.6 Å². The first kappa shape index (κ1) is 41.6. The highest BCUT2D eigenvalue weighted by Gasteiger charge is 2.39. The lowest BCUT2D eigenvalue weighted by atomic mass is 9.90. The smallest absolute Gasteiger partial charge is 0.416 e. The van der Waals surface area contributed by atoms with E-state index in [2.05, 4.69) is 13.2 Å². The standard InChI is InChI=1S/C43H50F3N3O5/c1-9-22-49(38(24-29-18-20-30(21-19-29)43(44,45)46)39(51)47(7)26-31(50)25-42(4,5)6)40(52)37(23-28(2)3)48(8)41(53)54-27-36-34-16-12-10-14-32(34)33-15-11-13-17-35(33)36/h9-21,36-38H,1-2,22-27H2,3-8H3/t37-,38-/m0/s1. The first-order valence-corrected chi connectivity index (χ1v) is 17.9. The number of rotatable bonds is 15. The molecule has 0 spiro atoms. The number of fused-ring (bicyclic) bond motifs is 3. The van der Waals surface area contributed by atoms with Crippen LogP contribution in [0.3, 0.4) is 0 Å². The fraction of sp³-hybridized carbons (Fsp3) is 0.395. The Bertz CT molecular complexity index is 1820. The van der Waals surface area contributed by atoms with Crippen LogP contribution in [0.4, 0.5) is 18.0 Å². The molecule has 4 rings (SSSR count). The summed E-state index contributed by atoms with van der Waals surface area (Å²) in [6.45, 7) is 14.8. The van der Waals surface area contributed by atoms with Crippen molar-refractivity contribution in [2.75, 3.05) is 33.8 Å². The van der Waals surface area contributed by atoms with Crippen molar-refractivity contribution >= 4 is 23.7 Å². The van der Waals surface area contributed by atoms with Gasteiger partial charge in [0.25, 0.3) is 0 Å². The van der Waals surface area contributed by atoms with Gasteiger partial charge in [0.05, 0.1) is 12.1 Å². The first-order chi connectivity index (χ1) is 25.3. The van der Waals surface area contributed by atoms with Gasteiger partial charge in [0.2, 0.25) is 11.8 Å². The molecule has 3 amide bonds. The second kappa shape index (κ2) is 17.3. The first-order valence-electron chi connectivity index (χ1n) is 17.9. The Morgan fingerprint density at radius 1 is 0.852 bits per heavy atom. The van der Waals surface area contributed by atoms with Crippen molar-refractivity contribution in [2.45, 2.75) is 71.1 Å². The molecule has 0 heterocycles. The molecule has 288 valence electrons. The van der Waals surface area contributed by atoms with Gasteiger partial charge in [-0.3, -0.25) is 19.3 Å². The topological polar surface area (TPSA) is 87.2 Å². The molecule has 0 radical (unpaired) electrons. The molecule has 3 aromatic rings. The third kappa shape index (κ3) is 10.3. The molecule has 0 saturated heterocycles. The Morgan fingerprint density at radius 2 is 1.41 bits per heavy atom. The zero-order chi connectivity index (χ0) is 40.0. The van der Waals surface area contributed by atoms with Crippen LogP contribution in [0.5, 0.6) is 0 Å². The van der Waals surface area contributed by atoms with E-state index in [1.165, 1.54) is 47.0 Å². The molecule has 3 aromatic carbocycles. The zero-order valence-corrected chi connectivity index (χ0v) is 31.9. The van der Waals surface area contributed by atoms with Crippen LogP contribution in [0, 0.1) is 5.41 Å². The summed E-state index contributed by atoms with van der Waals surface area (Å²) in [7, 11) is 2.90. The van der Waals surface area contributed by atoms with E-state index < -0.39 is 41.7 Å². The van der Waals surface area contributed by atoms with Crippen molar-refractivity contribution in [2.24, 2.45) is 5.41 Å². The number of hydrogen-bond donors (Lipinski definition) is 0. The molecule has 0 bridgehead atoms. The van der Waals surface area contributed by atoms with E-state index in [0.717, 1.165) is 34.4 Å². The van der Waals surface area contributed by atoms with Crippen LogP contribution in [0.1, 0.15) is 68.7 Å². The number of ketones is 1. The quantitative estimate of drug-likeness (QED) is 0.146. The molecule has 8 nitrogen and oxygen atoms in total. The summed E-state index contributed by atoms with van der Waals surface area (Å²) in [6.07, 6.45) is -3.82. The summed E-state index contributed by atoms with van der Waals surface area (Å²) in [4.78, 5) is 59.3. The molecular formula is C43H50F3N3O5. The molecule has 54 heavy (non-hydrogen) atoms. The highest BCUT2D eigenvalue weighted by Crippen LogP contribution is 2.44. The normalized spacial score (nSPS) is 13.6. The summed E-state index contributed by atoms with van der Waals surface area (Å²) in [5.41, 5.74) is 3.93. The Kier molecular flexibility index (Phi) is 13.3. The SMILES string of the molecule is C=CCN(C(=O)[C@H](CC(=C)C)N(C)C(=O)OCC1c2ccccc2-c2ccccc21)[C@@H](Cc1ccc(C(F)(F)F)cc1)C(=O)N(C)CC(=O)CC(C)(C)C. The molecule has 1 aliphatic rings. The number of benzene rings is 3. The van der Waals surface area contributed by atoms with Crippen molar-refractivity contribution < 1.29 is 37.1 Å². The Balaban J connectivity index is 1.64. The maximum absolute atomic E-state index is 14.7. The van der Waals surface area contributed by atoms with Crippen LogP contribution >= 0.6 is 0 Å². The lowest BCUT2D eigenvalue weighted by Crippen LogP contribution is -2.57. The second-order valence-electron chi connectivity index (χ2n) is 15.3. The number of alkyl halides is 3. The molecule has 0 aromatic heterocycles. The predicted octanol–water partition coefficient (Wildman–Crippen LogP) is 8.31. The van der Waals surface area contributed by atoms with Crippen molar-refractivity contribution in [1.29, 1.82) is 0 Å². The van der Waals surface area contributed by atoms with E-state index in [1.54, 1.807) is 6.92 Å². The van der Waals surface area contributed by atoms with E-state index in [-0.39, 0.29) is 56.1 Å². The summed E-state index contributed by atoms with van der Waals surface area (Å²) in [5.74, 6) is -1.62. The van der Waals surface area contributed by atoms with Crippen molar-refractivity contribution in [3.63, 3.8) is 0 Å². The van der Waals surface area contributed by atoms with Crippen LogP contribution < -0.4 is 0 Å². The fourth-order valence-electron chi connectivity index (χ4n) is 6.87. The molecular weight excluding hydrogens is 695 g/mol. The monoisotopic (exact) mass is 745 g/mol. The molecule has 1 aliphatic carbocycles. The highest BCUT2D eigenvalue weighted by atomic mass is 19.4. The van der Waals surface area contributed by atoms with Crippen LogP contribution in [0.25, 0.3) is 11.1 Å². The maximum Gasteiger partial charge on any atom is 0.416 e. The summed E-state index contributed by atoms with van der Waals surface area (Å²) >= 11 is 0. The summed E-state index contributed by atoms with van der Waals surface area (Å²) in [6, 6.07) is 17.8. The Labute approximate surface area is 316 Å². The van der Waals surface area contributed by atoms with Crippen LogP contribution in [-0.2, 0) is 31.7 Å². The van der Waals surface area contributed by atoms with E-state index in [9.17, 15) is 32.3 Å². The van der Waals surface area contributed by atoms with Gasteiger partial charge in [0.1, 0.15) is 18.7 Å². The van der Waals surface area contributed by atoms with Crippen molar-refractivity contribution in [3.05, 3.63) is 120 Å². The average molecular weight is 746 g/mol. The van der Waals surface area contributed by atoms with Gasteiger partial charge in [-0.25, -0.2) is 4.79 Å². The van der Waals surface area contributed by atoms with Gasteiger partial charge in [0, 0.05) is 39.4 Å². The number of Topliss-reactive ketones (excluding diaryl/α,β-unsaturated/α-hetero) is 1. The van der Waals surface area contributed by atoms with Gasteiger partial charge in [-0.1, -0.05) is 93.1 Å². The lowest BCUT2D eigenvalue weighted by Gasteiger charge is -2.37. The molecule has 0 N–H and O–H groups in total. The lowest BCUT2D eigenvalue weighted by molar-refractivity contribution is -0.148. The minimum absolute atomic E-state index is 0.0178. The minimum Gasteiger partial charge on any atom is -0.448 e. The van der Waals surface area contributed by atoms with Crippen LogP contribution in [0.2, 0.25) is 0 Å². The molecule has 0 saturated carbocycles. The van der Waals surface area contributed by atoms with E-state index in [1.807, 2.05) is 69.3 Å². The number of carbonyl (C=O) groups excluding carboxylic acids is 4. The largest absolute Gasteiger partial charge is 0.448 e. The average Bonchev–Trinajstić information content (AvgIpc) is 3.42. The third-order valence-electron chi connectivity index (χ3n) is 9.42. The number of halogens is 3. The van der Waals surface area contributed by atoms with Crippen molar-refractivity contribution in [3.8, 4) is 11.1 Å². The number of ether oxygens (including phenoxy) is 1. The predicted molar refractivity (Wildman–Crippen MR) is 204 cm³/mol. The molecule has 0 fully saturated rings. The van der Waals surface area contributed by atoms with Gasteiger partial charge in [0.15, 0.2) is 5.78 Å². The molecule has 0 aliphatic heterocycles. The maximum atomic E-state index is 14.7. The van der Waals surface area contributed by atoms with Gasteiger partial charge >= 0.3 is 12.3 Å². The Morgan fingerprint density at radius 3 is 1.91 bits per heavy atom. The van der Waals surface area contributed by atoms with E-state index >= 15 is 0 Å². The Hall–Kier alpha value is -5.19. The van der Waals surface area contributed by atoms with Gasteiger partial charge in [-0.2, -0.15) is 13.2 Å². The number of amides is 3. The fourth-order valence-corrected chi connectivity index (χ4v) is 6.87. The highest BCUT2D eigenvalue weighted by molar-refractivity contribution is 5.93. The molecule has 11 heteroatoms. The molecule has 0 unspecified atom stereocenters. The number of hydrogen-bond acceptors (Lipinski definition) is 5. The number of carbonyl (C=O) groups is 4. The van der Waals surface area contributed by atoms with Gasteiger partial charge < -0.3 is 14.5 Å². The van der Waals surface area contributed by atoms with Crippen molar-refractivity contribution in [1.82, 2.24) is 14.7 Å². The van der Waals surface area contributed by atoms with E-state index in [0.29, 0.717) is 11.1 Å². The summed E-state index contributed by atoms with van der Waals surface area (Å²) in [5, 5.41) is 0.